The third-order valence-corrected chi connectivity index (χ3v) is 4.45. The minimum Gasteiger partial charge on any atom is -0.462 e. The van der Waals surface area contributed by atoms with Crippen LogP contribution >= 0.6 is 0 Å². The molecule has 2 aromatic rings. The average molecular weight is 371 g/mol. The summed E-state index contributed by atoms with van der Waals surface area (Å²) in [6, 6.07) is 9.90. The van der Waals surface area contributed by atoms with Gasteiger partial charge in [0.25, 0.3) is 5.91 Å². The minimum absolute atomic E-state index is 0.114. The van der Waals surface area contributed by atoms with Gasteiger partial charge in [0.05, 0.1) is 12.2 Å². The molecule has 6 nitrogen and oxygen atoms in total. The number of H-pyrrole nitrogens is 1. The highest BCUT2D eigenvalue weighted by molar-refractivity contribution is 6.00. The third-order valence-electron chi connectivity index (χ3n) is 4.45. The predicted molar refractivity (Wildman–Crippen MR) is 106 cm³/mol. The van der Waals surface area contributed by atoms with Crippen molar-refractivity contribution in [3.8, 4) is 0 Å². The second-order valence-corrected chi connectivity index (χ2v) is 6.86. The van der Waals surface area contributed by atoms with Crippen LogP contribution in [0.2, 0.25) is 0 Å². The molecule has 0 saturated carbocycles. The van der Waals surface area contributed by atoms with Crippen molar-refractivity contribution in [1.29, 1.82) is 0 Å². The number of hydrogen-bond acceptors (Lipinski definition) is 4. The summed E-state index contributed by atoms with van der Waals surface area (Å²) in [6.07, 6.45) is 0. The number of aromatic amines is 1. The maximum atomic E-state index is 13.3. The highest BCUT2D eigenvalue weighted by Crippen LogP contribution is 2.21. The zero-order chi connectivity index (χ0) is 20.0. The summed E-state index contributed by atoms with van der Waals surface area (Å²) >= 11 is 0. The van der Waals surface area contributed by atoms with E-state index in [1.807, 2.05) is 54.2 Å². The highest BCUT2D eigenvalue weighted by Gasteiger charge is 2.26. The first kappa shape index (κ1) is 20.7. The summed E-state index contributed by atoms with van der Waals surface area (Å²) in [5.74, 6) is -0.512. The molecule has 0 saturated heterocycles. The molecule has 0 fully saturated rings. The maximum Gasteiger partial charge on any atom is 0.340 e. The molecule has 146 valence electrons. The van der Waals surface area contributed by atoms with E-state index >= 15 is 0 Å². The molecule has 1 amide bonds. The SMILES string of the molecule is CCOC(=O)c1c(C)[nH]c(C(=O)N(CCN(C)C)Cc2ccccc2)c1C. The van der Waals surface area contributed by atoms with Gasteiger partial charge < -0.3 is 19.5 Å². The number of aryl methyl sites for hydroxylation is 1. The van der Waals surface area contributed by atoms with Crippen LogP contribution in [0.4, 0.5) is 0 Å². The van der Waals surface area contributed by atoms with E-state index in [0.717, 1.165) is 12.1 Å². The van der Waals surface area contributed by atoms with Crippen molar-refractivity contribution in [3.05, 3.63) is 58.4 Å². The van der Waals surface area contributed by atoms with E-state index < -0.39 is 5.97 Å². The molecule has 27 heavy (non-hydrogen) atoms. The molecule has 0 radical (unpaired) electrons. The molecular weight excluding hydrogens is 342 g/mol. The first-order chi connectivity index (χ1) is 12.8. The van der Waals surface area contributed by atoms with Gasteiger partial charge in [0.2, 0.25) is 0 Å². The van der Waals surface area contributed by atoms with Gasteiger partial charge in [-0.25, -0.2) is 4.79 Å². The van der Waals surface area contributed by atoms with Crippen LogP contribution in [-0.4, -0.2) is 60.5 Å². The summed E-state index contributed by atoms with van der Waals surface area (Å²) in [5, 5.41) is 0. The standard InChI is InChI=1S/C21H29N3O3/c1-6-27-21(26)18-15(2)19(22-16(18)3)20(25)24(13-12-23(4)5)14-17-10-8-7-9-11-17/h7-11,22H,6,12-14H2,1-5H3. The number of esters is 1. The Morgan fingerprint density at radius 2 is 1.74 bits per heavy atom. The molecule has 1 aromatic carbocycles. The lowest BCUT2D eigenvalue weighted by molar-refractivity contribution is 0.0525. The molecule has 0 aliphatic carbocycles. The Morgan fingerprint density at radius 3 is 2.33 bits per heavy atom. The molecule has 1 heterocycles. The van der Waals surface area contributed by atoms with E-state index in [9.17, 15) is 9.59 Å². The molecule has 1 aromatic heterocycles. The minimum atomic E-state index is -0.397. The molecular formula is C21H29N3O3. The largest absolute Gasteiger partial charge is 0.462 e. The van der Waals surface area contributed by atoms with Crippen molar-refractivity contribution in [3.63, 3.8) is 0 Å². The Morgan fingerprint density at radius 1 is 1.07 bits per heavy atom. The fraction of sp³-hybridized carbons (Fsp3) is 0.429. The van der Waals surface area contributed by atoms with Crippen LogP contribution in [0.3, 0.4) is 0 Å². The summed E-state index contributed by atoms with van der Waals surface area (Å²) in [7, 11) is 3.96. The van der Waals surface area contributed by atoms with Crippen LogP contribution in [0, 0.1) is 13.8 Å². The van der Waals surface area contributed by atoms with Crippen molar-refractivity contribution >= 4 is 11.9 Å². The number of carbonyl (C=O) groups excluding carboxylic acids is 2. The second kappa shape index (κ2) is 9.37. The van der Waals surface area contributed by atoms with Gasteiger partial charge in [-0.05, 0) is 46.0 Å². The van der Waals surface area contributed by atoms with Crippen LogP contribution < -0.4 is 0 Å². The summed E-state index contributed by atoms with van der Waals surface area (Å²) in [5.41, 5.74) is 3.26. The normalized spacial score (nSPS) is 10.9. The number of likely N-dealkylation sites (N-methyl/N-ethyl adjacent to an activating group) is 1. The van der Waals surface area contributed by atoms with Crippen LogP contribution in [0.25, 0.3) is 0 Å². The second-order valence-electron chi connectivity index (χ2n) is 6.86. The van der Waals surface area contributed by atoms with Crippen molar-refractivity contribution in [2.45, 2.75) is 27.3 Å². The van der Waals surface area contributed by atoms with Crippen molar-refractivity contribution < 1.29 is 14.3 Å². The molecule has 2 rings (SSSR count). The molecule has 0 aliphatic rings. The molecule has 0 unspecified atom stereocenters. The van der Waals surface area contributed by atoms with E-state index in [4.69, 9.17) is 4.74 Å². The van der Waals surface area contributed by atoms with Crippen LogP contribution in [0.5, 0.6) is 0 Å². The van der Waals surface area contributed by atoms with Gasteiger partial charge >= 0.3 is 5.97 Å². The van der Waals surface area contributed by atoms with E-state index in [-0.39, 0.29) is 5.91 Å². The van der Waals surface area contributed by atoms with Crippen LogP contribution in [0.15, 0.2) is 30.3 Å². The fourth-order valence-electron chi connectivity index (χ4n) is 3.01. The maximum absolute atomic E-state index is 13.3. The van der Waals surface area contributed by atoms with Gasteiger partial charge in [-0.15, -0.1) is 0 Å². The van der Waals surface area contributed by atoms with Crippen LogP contribution in [0.1, 0.15) is 44.6 Å². The van der Waals surface area contributed by atoms with Gasteiger partial charge in [-0.3, -0.25) is 4.79 Å². The number of nitrogens with one attached hydrogen (secondary N) is 1. The Kier molecular flexibility index (Phi) is 7.19. The number of nitrogens with zero attached hydrogens (tertiary/aromatic N) is 2. The Bertz CT molecular complexity index is 781. The number of ether oxygens (including phenoxy) is 1. The monoisotopic (exact) mass is 371 g/mol. The predicted octanol–water partition coefficient (Wildman–Crippen LogP) is 3.01. The van der Waals surface area contributed by atoms with Gasteiger partial charge in [-0.1, -0.05) is 30.3 Å². The van der Waals surface area contributed by atoms with Gasteiger partial charge in [0.15, 0.2) is 0 Å². The number of hydrogen-bond donors (Lipinski definition) is 1. The Labute approximate surface area is 161 Å². The average Bonchev–Trinajstić information content (AvgIpc) is 2.93. The first-order valence-corrected chi connectivity index (χ1v) is 9.19. The fourth-order valence-corrected chi connectivity index (χ4v) is 3.01. The number of carbonyl (C=O) groups is 2. The molecule has 0 bridgehead atoms. The number of amides is 1. The highest BCUT2D eigenvalue weighted by atomic mass is 16.5. The first-order valence-electron chi connectivity index (χ1n) is 9.19. The van der Waals surface area contributed by atoms with Crippen molar-refractivity contribution in [2.75, 3.05) is 33.8 Å². The van der Waals surface area contributed by atoms with E-state index in [2.05, 4.69) is 4.98 Å². The molecule has 1 N–H and O–H groups in total. The smallest absolute Gasteiger partial charge is 0.340 e. The lowest BCUT2D eigenvalue weighted by atomic mass is 10.1. The molecule has 0 aliphatic heterocycles. The third kappa shape index (κ3) is 5.20. The van der Waals surface area contributed by atoms with E-state index in [0.29, 0.717) is 42.2 Å². The van der Waals surface area contributed by atoms with E-state index in [1.165, 1.54) is 0 Å². The molecule has 0 atom stereocenters. The van der Waals surface area contributed by atoms with Crippen molar-refractivity contribution in [2.24, 2.45) is 0 Å². The topological polar surface area (TPSA) is 65.6 Å². The number of rotatable bonds is 8. The molecule has 6 heteroatoms. The lowest BCUT2D eigenvalue weighted by Gasteiger charge is -2.24. The van der Waals surface area contributed by atoms with Gasteiger partial charge in [0, 0.05) is 25.3 Å². The van der Waals surface area contributed by atoms with Crippen LogP contribution in [-0.2, 0) is 11.3 Å². The Balaban J connectivity index is 2.31. The lowest BCUT2D eigenvalue weighted by Crippen LogP contribution is -2.36. The number of aromatic nitrogens is 1. The van der Waals surface area contributed by atoms with E-state index in [1.54, 1.807) is 20.8 Å². The summed E-state index contributed by atoms with van der Waals surface area (Å²) in [6.45, 7) is 7.50. The van der Waals surface area contributed by atoms with Gasteiger partial charge in [-0.2, -0.15) is 0 Å². The summed E-state index contributed by atoms with van der Waals surface area (Å²) in [4.78, 5) is 32.4. The van der Waals surface area contributed by atoms with Crippen molar-refractivity contribution in [1.82, 2.24) is 14.8 Å². The van der Waals surface area contributed by atoms with Gasteiger partial charge in [0.1, 0.15) is 5.69 Å². The zero-order valence-corrected chi connectivity index (χ0v) is 16.8. The zero-order valence-electron chi connectivity index (χ0n) is 16.8. The number of benzene rings is 1. The quantitative estimate of drug-likeness (QED) is 0.725. The Hall–Kier alpha value is -2.60. The molecule has 0 spiro atoms. The summed E-state index contributed by atoms with van der Waals surface area (Å²) < 4.78 is 5.13.